The molecule has 0 spiro atoms. The number of ketones is 1. The van der Waals surface area contributed by atoms with Crippen LogP contribution in [-0.4, -0.2) is 28.1 Å². The van der Waals surface area contributed by atoms with Crippen LogP contribution in [0.3, 0.4) is 0 Å². The molecule has 7 heteroatoms. The van der Waals surface area contributed by atoms with Gasteiger partial charge in [-0.3, -0.25) is 9.59 Å². The molecule has 0 aliphatic carbocycles. The highest BCUT2D eigenvalue weighted by molar-refractivity contribution is 6.31. The lowest BCUT2D eigenvalue weighted by Crippen LogP contribution is -2.25. The monoisotopic (exact) mass is 393 g/mol. The zero-order chi connectivity index (χ0) is 19.7. The Kier molecular flexibility index (Phi) is 4.71. The number of carbonyl (C=O) groups excluding carboxylic acids is 2. The lowest BCUT2D eigenvalue weighted by Gasteiger charge is -2.17. The molecular formula is C21H16ClN3O3. The molecule has 6 nitrogen and oxygen atoms in total. The van der Waals surface area contributed by atoms with E-state index in [1.54, 1.807) is 29.0 Å². The predicted molar refractivity (Wildman–Crippen MR) is 107 cm³/mol. The van der Waals surface area contributed by atoms with Gasteiger partial charge in [-0.2, -0.15) is 5.10 Å². The van der Waals surface area contributed by atoms with Gasteiger partial charge in [0.1, 0.15) is 10.9 Å². The molecule has 28 heavy (non-hydrogen) atoms. The Bertz CT molecular complexity index is 1100. The second-order valence-electron chi connectivity index (χ2n) is 6.28. The third-order valence-corrected chi connectivity index (χ3v) is 4.71. The third-order valence-electron chi connectivity index (χ3n) is 4.35. The Balaban J connectivity index is 1.60. The normalized spacial score (nSPS) is 13.1. The van der Waals surface area contributed by atoms with Gasteiger partial charge < -0.3 is 10.1 Å². The number of hydrogen-bond donors (Lipinski definition) is 1. The summed E-state index contributed by atoms with van der Waals surface area (Å²) in [7, 11) is 0. The number of carbonyl (C=O) groups is 2. The van der Waals surface area contributed by atoms with Crippen LogP contribution in [0.2, 0.25) is 5.15 Å². The summed E-state index contributed by atoms with van der Waals surface area (Å²) in [6, 6.07) is 14.5. The van der Waals surface area contributed by atoms with Crippen LogP contribution < -0.4 is 10.1 Å². The second-order valence-corrected chi connectivity index (χ2v) is 6.64. The molecule has 0 unspecified atom stereocenters. The molecule has 1 amide bonds. The molecule has 2 heterocycles. The number of benzene rings is 2. The number of ether oxygens (including phenoxy) is 1. The minimum absolute atomic E-state index is 0.0244. The fourth-order valence-electron chi connectivity index (χ4n) is 2.93. The number of aryl methyl sites for hydroxylation is 1. The van der Waals surface area contributed by atoms with Gasteiger partial charge in [0.05, 0.1) is 17.1 Å². The number of halogens is 1. The van der Waals surface area contributed by atoms with Gasteiger partial charge in [0.15, 0.2) is 12.4 Å². The minimum atomic E-state index is -0.247. The highest BCUT2D eigenvalue weighted by atomic mass is 35.5. The first-order valence-electron chi connectivity index (χ1n) is 8.62. The van der Waals surface area contributed by atoms with Crippen molar-refractivity contribution in [1.29, 1.82) is 0 Å². The third kappa shape index (κ3) is 3.42. The van der Waals surface area contributed by atoms with Crippen molar-refractivity contribution in [2.75, 3.05) is 11.9 Å². The lowest BCUT2D eigenvalue weighted by molar-refractivity contribution is -0.118. The molecule has 0 saturated heterocycles. The molecular weight excluding hydrogens is 378 g/mol. The van der Waals surface area contributed by atoms with Crippen LogP contribution in [0.25, 0.3) is 11.8 Å². The molecule has 3 aromatic rings. The lowest BCUT2D eigenvalue weighted by atomic mass is 10.1. The molecule has 2 aromatic carbocycles. The number of nitrogens with zero attached hydrogens (tertiary/aromatic N) is 2. The van der Waals surface area contributed by atoms with Crippen LogP contribution >= 0.6 is 11.6 Å². The molecule has 0 saturated carbocycles. The standard InChI is InChI=1S/C21H16ClN3O3/c1-13-16(21(22)25(24-13)15-5-3-2-4-6-15)8-9-18(26)14-7-10-19-17(11-14)23-20(27)12-28-19/h2-11H,12H2,1H3,(H,23,27)/b9-8+. The van der Waals surface area contributed by atoms with Gasteiger partial charge in [0.2, 0.25) is 0 Å². The molecule has 1 aliphatic rings. The summed E-state index contributed by atoms with van der Waals surface area (Å²) >= 11 is 6.48. The van der Waals surface area contributed by atoms with Gasteiger partial charge in [0.25, 0.3) is 5.91 Å². The quantitative estimate of drug-likeness (QED) is 0.536. The molecule has 1 aromatic heterocycles. The van der Waals surface area contributed by atoms with Crippen molar-refractivity contribution < 1.29 is 14.3 Å². The van der Waals surface area contributed by atoms with E-state index in [4.69, 9.17) is 16.3 Å². The second kappa shape index (κ2) is 7.32. The fourth-order valence-corrected chi connectivity index (χ4v) is 3.27. The maximum absolute atomic E-state index is 12.6. The van der Waals surface area contributed by atoms with E-state index in [0.29, 0.717) is 33.4 Å². The van der Waals surface area contributed by atoms with Crippen LogP contribution in [0.4, 0.5) is 5.69 Å². The van der Waals surface area contributed by atoms with Gasteiger partial charge in [-0.1, -0.05) is 29.8 Å². The summed E-state index contributed by atoms with van der Waals surface area (Å²) in [6.45, 7) is 1.81. The predicted octanol–water partition coefficient (Wildman–Crippen LogP) is 4.06. The summed E-state index contributed by atoms with van der Waals surface area (Å²) < 4.78 is 6.94. The van der Waals surface area contributed by atoms with Crippen LogP contribution in [0.5, 0.6) is 5.75 Å². The van der Waals surface area contributed by atoms with E-state index in [0.717, 1.165) is 5.69 Å². The number of nitrogens with one attached hydrogen (secondary N) is 1. The van der Waals surface area contributed by atoms with Gasteiger partial charge >= 0.3 is 0 Å². The van der Waals surface area contributed by atoms with E-state index in [-0.39, 0.29) is 18.3 Å². The van der Waals surface area contributed by atoms with E-state index in [9.17, 15) is 9.59 Å². The summed E-state index contributed by atoms with van der Waals surface area (Å²) in [6.07, 6.45) is 3.10. The number of fused-ring (bicyclic) bond motifs is 1. The average Bonchev–Trinajstić information content (AvgIpc) is 2.99. The first-order valence-corrected chi connectivity index (χ1v) is 9.00. The van der Waals surface area contributed by atoms with E-state index >= 15 is 0 Å². The number of aromatic nitrogens is 2. The van der Waals surface area contributed by atoms with Crippen LogP contribution in [0, 0.1) is 6.92 Å². The Hall–Kier alpha value is -3.38. The summed E-state index contributed by atoms with van der Waals surface area (Å²) in [5.41, 5.74) is 3.15. The number of hydrogen-bond acceptors (Lipinski definition) is 4. The molecule has 0 atom stereocenters. The highest BCUT2D eigenvalue weighted by Crippen LogP contribution is 2.29. The van der Waals surface area contributed by atoms with Gasteiger partial charge in [-0.25, -0.2) is 4.68 Å². The van der Waals surface area contributed by atoms with Crippen molar-refractivity contribution in [3.8, 4) is 11.4 Å². The van der Waals surface area contributed by atoms with Crippen molar-refractivity contribution in [2.45, 2.75) is 6.92 Å². The van der Waals surface area contributed by atoms with Crippen molar-refractivity contribution in [3.05, 3.63) is 76.6 Å². The molecule has 1 aliphatic heterocycles. The van der Waals surface area contributed by atoms with Crippen molar-refractivity contribution in [1.82, 2.24) is 9.78 Å². The SMILES string of the molecule is Cc1nn(-c2ccccc2)c(Cl)c1/C=C/C(=O)c1ccc2c(c1)NC(=O)CO2. The molecule has 4 rings (SSSR count). The molecule has 1 N–H and O–H groups in total. The minimum Gasteiger partial charge on any atom is -0.482 e. The van der Waals surface area contributed by atoms with Crippen LogP contribution in [0.1, 0.15) is 21.6 Å². The van der Waals surface area contributed by atoms with E-state index in [1.165, 1.54) is 6.08 Å². The van der Waals surface area contributed by atoms with Crippen molar-refractivity contribution in [3.63, 3.8) is 0 Å². The maximum atomic E-state index is 12.6. The topological polar surface area (TPSA) is 73.2 Å². The van der Waals surface area contributed by atoms with E-state index < -0.39 is 0 Å². The zero-order valence-electron chi connectivity index (χ0n) is 15.0. The molecule has 140 valence electrons. The first-order chi connectivity index (χ1) is 13.5. The van der Waals surface area contributed by atoms with Gasteiger partial charge in [0, 0.05) is 11.1 Å². The van der Waals surface area contributed by atoms with E-state index in [1.807, 2.05) is 37.3 Å². The van der Waals surface area contributed by atoms with Crippen molar-refractivity contribution in [2.24, 2.45) is 0 Å². The Morgan fingerprint density at radius 2 is 2.04 bits per heavy atom. The number of allylic oxidation sites excluding steroid dienone is 1. The summed E-state index contributed by atoms with van der Waals surface area (Å²) in [5.74, 6) is 0.0806. The molecule has 0 radical (unpaired) electrons. The first kappa shape index (κ1) is 18.0. The smallest absolute Gasteiger partial charge is 0.262 e. The highest BCUT2D eigenvalue weighted by Gasteiger charge is 2.17. The number of rotatable bonds is 4. The van der Waals surface area contributed by atoms with Crippen LogP contribution in [-0.2, 0) is 4.79 Å². The average molecular weight is 394 g/mol. The number of anilines is 1. The van der Waals surface area contributed by atoms with Crippen molar-refractivity contribution >= 4 is 35.1 Å². The Morgan fingerprint density at radius 1 is 1.25 bits per heavy atom. The largest absolute Gasteiger partial charge is 0.482 e. The van der Waals surface area contributed by atoms with E-state index in [2.05, 4.69) is 10.4 Å². The fraction of sp³-hybridized carbons (Fsp3) is 0.0952. The van der Waals surface area contributed by atoms with Gasteiger partial charge in [-0.05, 0) is 49.4 Å². The zero-order valence-corrected chi connectivity index (χ0v) is 15.7. The number of para-hydroxylation sites is 1. The summed E-state index contributed by atoms with van der Waals surface area (Å²) in [4.78, 5) is 24.0. The number of amides is 1. The maximum Gasteiger partial charge on any atom is 0.262 e. The molecule has 0 fully saturated rings. The Labute approximate surface area is 166 Å². The Morgan fingerprint density at radius 3 is 2.82 bits per heavy atom. The van der Waals surface area contributed by atoms with Gasteiger partial charge in [-0.15, -0.1) is 0 Å². The summed E-state index contributed by atoms with van der Waals surface area (Å²) in [5, 5.41) is 7.58. The molecule has 0 bridgehead atoms. The van der Waals surface area contributed by atoms with Crippen LogP contribution in [0.15, 0.2) is 54.6 Å².